The van der Waals surface area contributed by atoms with Gasteiger partial charge in [-0.15, -0.1) is 0 Å². The minimum absolute atomic E-state index is 0.397. The topological polar surface area (TPSA) is 50.1 Å². The summed E-state index contributed by atoms with van der Waals surface area (Å²) in [4.78, 5) is 0. The maximum Gasteiger partial charge on any atom is 0.108 e. The number of β-amino-alcohol motifs (C(OH)–C–C–N with tert-alkyl or cyclic N) is 1. The first-order chi connectivity index (χ1) is 5.29. The van der Waals surface area contributed by atoms with Crippen molar-refractivity contribution in [2.45, 2.75) is 12.6 Å². The second kappa shape index (κ2) is 2.32. The third-order valence-corrected chi connectivity index (χ3v) is 2.03. The van der Waals surface area contributed by atoms with Gasteiger partial charge >= 0.3 is 0 Å². The predicted octanol–water partition coefficient (Wildman–Crippen LogP) is -0.443. The fourth-order valence-corrected chi connectivity index (χ4v) is 1.50. The Kier molecular flexibility index (Phi) is 1.44. The lowest BCUT2D eigenvalue weighted by atomic mass is 10.1. The third-order valence-electron chi connectivity index (χ3n) is 2.03. The number of aliphatic hydroxyl groups is 1. The van der Waals surface area contributed by atoms with Crippen molar-refractivity contribution in [1.82, 2.24) is 15.1 Å². The van der Waals surface area contributed by atoms with Gasteiger partial charge in [0.1, 0.15) is 6.10 Å². The van der Waals surface area contributed by atoms with Crippen LogP contribution in [0.4, 0.5) is 0 Å². The van der Waals surface area contributed by atoms with Gasteiger partial charge in [0.25, 0.3) is 0 Å². The van der Waals surface area contributed by atoms with Crippen molar-refractivity contribution in [2.75, 3.05) is 6.54 Å². The molecule has 1 aliphatic rings. The maximum atomic E-state index is 9.51. The number of hydrogen-bond acceptors (Lipinski definition) is 3. The molecule has 0 aromatic carbocycles. The van der Waals surface area contributed by atoms with Gasteiger partial charge in [0.05, 0.1) is 11.9 Å². The number of rotatable bonds is 0. The largest absolute Gasteiger partial charge is 0.385 e. The van der Waals surface area contributed by atoms with Crippen LogP contribution in [0.5, 0.6) is 0 Å². The molecule has 2 heterocycles. The van der Waals surface area contributed by atoms with Crippen LogP contribution >= 0.6 is 0 Å². The summed E-state index contributed by atoms with van der Waals surface area (Å²) in [5.41, 5.74) is 2.05. The van der Waals surface area contributed by atoms with Crippen LogP contribution in [0, 0.1) is 0 Å². The first-order valence-corrected chi connectivity index (χ1v) is 3.68. The van der Waals surface area contributed by atoms with E-state index in [1.807, 2.05) is 7.05 Å². The van der Waals surface area contributed by atoms with Crippen LogP contribution in [0.2, 0.25) is 0 Å². The average Bonchev–Trinajstić information content (AvgIpc) is 2.34. The summed E-state index contributed by atoms with van der Waals surface area (Å²) in [6, 6.07) is 0. The number of aryl methyl sites for hydroxylation is 1. The summed E-state index contributed by atoms with van der Waals surface area (Å²) < 4.78 is 1.74. The molecule has 1 unspecified atom stereocenters. The summed E-state index contributed by atoms with van der Waals surface area (Å²) in [5.74, 6) is 0. The lowest BCUT2D eigenvalue weighted by Crippen LogP contribution is -2.28. The molecule has 1 aromatic heterocycles. The van der Waals surface area contributed by atoms with Gasteiger partial charge in [-0.3, -0.25) is 4.68 Å². The minimum atomic E-state index is -0.397. The van der Waals surface area contributed by atoms with Crippen molar-refractivity contribution in [3.05, 3.63) is 17.5 Å². The summed E-state index contributed by atoms with van der Waals surface area (Å²) in [6.45, 7) is 1.45. The van der Waals surface area contributed by atoms with E-state index < -0.39 is 6.10 Å². The molecule has 1 aromatic rings. The second-order valence-corrected chi connectivity index (χ2v) is 2.83. The predicted molar refractivity (Wildman–Crippen MR) is 39.9 cm³/mol. The number of nitrogens with one attached hydrogen (secondary N) is 1. The summed E-state index contributed by atoms with van der Waals surface area (Å²) in [7, 11) is 1.85. The Hall–Kier alpha value is -0.870. The van der Waals surface area contributed by atoms with Gasteiger partial charge in [0.15, 0.2) is 0 Å². The van der Waals surface area contributed by atoms with E-state index in [1.54, 1.807) is 10.9 Å². The van der Waals surface area contributed by atoms with Crippen molar-refractivity contribution in [2.24, 2.45) is 7.05 Å². The average molecular weight is 153 g/mol. The van der Waals surface area contributed by atoms with Crippen LogP contribution < -0.4 is 5.32 Å². The van der Waals surface area contributed by atoms with E-state index in [2.05, 4.69) is 10.4 Å². The Morgan fingerprint density at radius 2 is 2.64 bits per heavy atom. The molecule has 60 valence electrons. The van der Waals surface area contributed by atoms with Crippen molar-refractivity contribution >= 4 is 0 Å². The van der Waals surface area contributed by atoms with Crippen LogP contribution in [0.15, 0.2) is 6.20 Å². The van der Waals surface area contributed by atoms with Gasteiger partial charge in [0, 0.05) is 25.7 Å². The SMILES string of the molecule is Cn1ncc2c1C(O)CNC2. The van der Waals surface area contributed by atoms with Crippen LogP contribution in [0.25, 0.3) is 0 Å². The molecule has 0 bridgehead atoms. The van der Waals surface area contributed by atoms with Crippen LogP contribution in [0.1, 0.15) is 17.4 Å². The molecular formula is C7H11N3O. The smallest absolute Gasteiger partial charge is 0.108 e. The molecule has 1 aliphatic heterocycles. The number of aliphatic hydroxyl groups excluding tert-OH is 1. The fourth-order valence-electron chi connectivity index (χ4n) is 1.50. The van der Waals surface area contributed by atoms with Gasteiger partial charge < -0.3 is 10.4 Å². The highest BCUT2D eigenvalue weighted by molar-refractivity contribution is 5.22. The standard InChI is InChI=1S/C7H11N3O/c1-10-7-5(3-9-10)2-8-4-6(7)11/h3,6,8,11H,2,4H2,1H3. The monoisotopic (exact) mass is 153 g/mol. The van der Waals surface area contributed by atoms with Crippen molar-refractivity contribution in [1.29, 1.82) is 0 Å². The number of nitrogens with zero attached hydrogens (tertiary/aromatic N) is 2. The molecule has 0 fully saturated rings. The van der Waals surface area contributed by atoms with Crippen molar-refractivity contribution in [3.8, 4) is 0 Å². The minimum Gasteiger partial charge on any atom is -0.385 e. The molecular weight excluding hydrogens is 142 g/mol. The van der Waals surface area contributed by atoms with Gasteiger partial charge in [-0.25, -0.2) is 0 Å². The zero-order chi connectivity index (χ0) is 7.84. The molecule has 0 saturated carbocycles. The van der Waals surface area contributed by atoms with Crippen molar-refractivity contribution in [3.63, 3.8) is 0 Å². The van der Waals surface area contributed by atoms with E-state index in [4.69, 9.17) is 0 Å². The van der Waals surface area contributed by atoms with Crippen LogP contribution in [-0.2, 0) is 13.6 Å². The molecule has 0 amide bonds. The highest BCUT2D eigenvalue weighted by atomic mass is 16.3. The Labute approximate surface area is 64.8 Å². The highest BCUT2D eigenvalue weighted by Gasteiger charge is 2.20. The first-order valence-electron chi connectivity index (χ1n) is 3.68. The van der Waals surface area contributed by atoms with E-state index in [0.29, 0.717) is 6.54 Å². The van der Waals surface area contributed by atoms with Crippen LogP contribution in [0.3, 0.4) is 0 Å². The number of fused-ring (bicyclic) bond motifs is 1. The van der Waals surface area contributed by atoms with Gasteiger partial charge in [-0.2, -0.15) is 5.10 Å². The van der Waals surface area contributed by atoms with Crippen LogP contribution in [-0.4, -0.2) is 21.4 Å². The second-order valence-electron chi connectivity index (χ2n) is 2.83. The van der Waals surface area contributed by atoms with E-state index in [0.717, 1.165) is 17.8 Å². The fraction of sp³-hybridized carbons (Fsp3) is 0.571. The lowest BCUT2D eigenvalue weighted by Gasteiger charge is -2.19. The van der Waals surface area contributed by atoms with Gasteiger partial charge in [0.2, 0.25) is 0 Å². The molecule has 0 radical (unpaired) electrons. The zero-order valence-electron chi connectivity index (χ0n) is 6.41. The number of aromatic nitrogens is 2. The Morgan fingerprint density at radius 1 is 1.82 bits per heavy atom. The summed E-state index contributed by atoms with van der Waals surface area (Å²) in [5, 5.41) is 16.7. The molecule has 1 atom stereocenters. The number of hydrogen-bond donors (Lipinski definition) is 2. The molecule has 4 heteroatoms. The van der Waals surface area contributed by atoms with E-state index in [9.17, 15) is 5.11 Å². The Balaban J connectivity index is 2.48. The normalized spacial score (nSPS) is 23.3. The summed E-state index contributed by atoms with van der Waals surface area (Å²) >= 11 is 0. The molecule has 0 saturated heterocycles. The molecule has 4 nitrogen and oxygen atoms in total. The Bertz CT molecular complexity index is 269. The molecule has 0 spiro atoms. The highest BCUT2D eigenvalue weighted by Crippen LogP contribution is 2.19. The first kappa shape index (κ1) is 6.82. The van der Waals surface area contributed by atoms with Gasteiger partial charge in [-0.05, 0) is 0 Å². The molecule has 11 heavy (non-hydrogen) atoms. The van der Waals surface area contributed by atoms with E-state index in [1.165, 1.54) is 0 Å². The molecule has 2 N–H and O–H groups in total. The van der Waals surface area contributed by atoms with Crippen molar-refractivity contribution < 1.29 is 5.11 Å². The molecule has 0 aliphatic carbocycles. The van der Waals surface area contributed by atoms with Gasteiger partial charge in [-0.1, -0.05) is 0 Å². The molecule has 2 rings (SSSR count). The Morgan fingerprint density at radius 3 is 3.36 bits per heavy atom. The zero-order valence-corrected chi connectivity index (χ0v) is 6.41. The summed E-state index contributed by atoms with van der Waals surface area (Å²) in [6.07, 6.45) is 1.40. The van der Waals surface area contributed by atoms with E-state index >= 15 is 0 Å². The quantitative estimate of drug-likeness (QED) is 0.531. The maximum absolute atomic E-state index is 9.51. The van der Waals surface area contributed by atoms with E-state index in [-0.39, 0.29) is 0 Å². The third kappa shape index (κ3) is 0.948. The lowest BCUT2D eigenvalue weighted by molar-refractivity contribution is 0.155.